The van der Waals surface area contributed by atoms with Crippen molar-refractivity contribution in [1.82, 2.24) is 14.8 Å². The van der Waals surface area contributed by atoms with E-state index in [0.717, 1.165) is 35.5 Å². The number of aromatic nitrogens is 3. The lowest BCUT2D eigenvalue weighted by Crippen LogP contribution is -2.35. The van der Waals surface area contributed by atoms with Crippen LogP contribution in [0.25, 0.3) is 17.1 Å². The first kappa shape index (κ1) is 31.5. The lowest BCUT2D eigenvalue weighted by atomic mass is 10.0. The Morgan fingerprint density at radius 2 is 1.78 bits per heavy atom. The zero-order valence-corrected chi connectivity index (χ0v) is 25.4. The van der Waals surface area contributed by atoms with Gasteiger partial charge in [-0.3, -0.25) is 0 Å². The number of amides is 2. The maximum atomic E-state index is 12.8. The number of benzene rings is 3. The minimum absolute atomic E-state index is 0.339. The molecule has 0 bridgehead atoms. The first-order valence-corrected chi connectivity index (χ1v) is 14.9. The number of carbonyl (C=O) groups excluding carboxylic acids is 1. The number of aliphatic imine (C=N–C) groups is 2. The Bertz CT molecular complexity index is 1770. The molecule has 1 saturated heterocycles. The lowest BCUT2D eigenvalue weighted by Gasteiger charge is -2.32. The van der Waals surface area contributed by atoms with Crippen molar-refractivity contribution in [2.45, 2.75) is 39.5 Å². The highest BCUT2D eigenvalue weighted by Crippen LogP contribution is 2.32. The number of thioether (sulfide) groups is 1. The molecule has 5 rings (SSSR count). The molecule has 9 nitrogen and oxygen atoms in total. The van der Waals surface area contributed by atoms with E-state index in [1.165, 1.54) is 58.8 Å². The predicted molar refractivity (Wildman–Crippen MR) is 168 cm³/mol. The molecular weight excluding hydrogens is 603 g/mol. The summed E-state index contributed by atoms with van der Waals surface area (Å²) in [6, 6.07) is 17.8. The molecule has 0 saturated carbocycles. The molecule has 0 aliphatic carbocycles. The van der Waals surface area contributed by atoms with Crippen LogP contribution in [0.4, 0.5) is 23.7 Å². The fourth-order valence-corrected chi connectivity index (χ4v) is 6.00. The van der Waals surface area contributed by atoms with Crippen molar-refractivity contribution >= 4 is 34.9 Å². The van der Waals surface area contributed by atoms with Gasteiger partial charge in [0, 0.05) is 29.8 Å². The van der Waals surface area contributed by atoms with E-state index in [1.54, 1.807) is 24.3 Å². The highest BCUT2D eigenvalue weighted by Gasteiger charge is 2.31. The second-order valence-corrected chi connectivity index (χ2v) is 11.4. The molecule has 0 radical (unpaired) electrons. The summed E-state index contributed by atoms with van der Waals surface area (Å²) in [6.07, 6.45) is -1.08. The summed E-state index contributed by atoms with van der Waals surface area (Å²) in [5.41, 5.74) is 6.21. The fourth-order valence-electron chi connectivity index (χ4n) is 5.06. The zero-order chi connectivity index (χ0) is 32.1. The van der Waals surface area contributed by atoms with Gasteiger partial charge in [-0.1, -0.05) is 53.7 Å². The smallest absolute Gasteiger partial charge is 0.406 e. The molecule has 1 atom stereocenters. The molecule has 0 spiro atoms. The minimum Gasteiger partial charge on any atom is -0.406 e. The number of carbonyl (C=O) groups is 1. The van der Waals surface area contributed by atoms with E-state index in [-0.39, 0.29) is 5.75 Å². The number of nitrogens with zero attached hydrogens (tertiary/aromatic N) is 7. The molecule has 4 aromatic rings. The number of nitriles is 1. The first-order valence-electron chi connectivity index (χ1n) is 13.9. The van der Waals surface area contributed by atoms with Crippen LogP contribution in [0.15, 0.2) is 77.0 Å². The van der Waals surface area contributed by atoms with E-state index >= 15 is 0 Å². The van der Waals surface area contributed by atoms with Gasteiger partial charge in [0.2, 0.25) is 0 Å². The largest absolute Gasteiger partial charge is 0.573 e. The predicted octanol–water partition coefficient (Wildman–Crippen LogP) is 7.56. The Morgan fingerprint density at radius 3 is 2.42 bits per heavy atom. The van der Waals surface area contributed by atoms with Gasteiger partial charge in [-0.05, 0) is 68.1 Å². The summed E-state index contributed by atoms with van der Waals surface area (Å²) in [5, 5.41) is 14.8. The Morgan fingerprint density at radius 1 is 1.09 bits per heavy atom. The number of aryl methyl sites for hydroxylation is 3. The maximum Gasteiger partial charge on any atom is 0.573 e. The average Bonchev–Trinajstić information content (AvgIpc) is 3.48. The van der Waals surface area contributed by atoms with Crippen molar-refractivity contribution in [3.8, 4) is 28.9 Å². The Balaban J connectivity index is 1.27. The third-order valence-electron chi connectivity index (χ3n) is 6.91. The standard InChI is InChI=1S/C32H28F3N7O2S/c1-20-15-21(2)28(22(3)16-20)41-13-4-14-45-31(41)39-30(43)37-18-25(17-36)23-5-7-24(8-6-23)29-38-19-42(40-29)26-9-11-27(12-10-26)44-32(33,34)35/h5-12,15-16,18-19,25H,4,13-14H2,1-3H3. The highest BCUT2D eigenvalue weighted by atomic mass is 32.2. The molecule has 1 fully saturated rings. The molecule has 45 heavy (non-hydrogen) atoms. The summed E-state index contributed by atoms with van der Waals surface area (Å²) in [6.45, 7) is 6.90. The molecule has 13 heteroatoms. The van der Waals surface area contributed by atoms with Crippen molar-refractivity contribution in [2.24, 2.45) is 9.98 Å². The monoisotopic (exact) mass is 631 g/mol. The molecule has 1 aliphatic heterocycles. The van der Waals surface area contributed by atoms with Crippen LogP contribution in [0.2, 0.25) is 0 Å². The topological polar surface area (TPSA) is 109 Å². The molecule has 0 N–H and O–H groups in total. The molecule has 1 unspecified atom stereocenters. The zero-order valence-electron chi connectivity index (χ0n) is 24.6. The number of alkyl halides is 3. The molecular formula is C32H28F3N7O2S. The molecule has 2 amide bonds. The van der Waals surface area contributed by atoms with Gasteiger partial charge in [0.05, 0.1) is 11.8 Å². The number of halogens is 3. The molecule has 3 aromatic carbocycles. The molecule has 2 heterocycles. The van der Waals surface area contributed by atoms with Crippen LogP contribution >= 0.6 is 11.8 Å². The maximum absolute atomic E-state index is 12.8. The summed E-state index contributed by atoms with van der Waals surface area (Å²) in [7, 11) is 0. The Hall–Kier alpha value is -4.96. The normalized spacial score (nSPS) is 15.3. The van der Waals surface area contributed by atoms with Gasteiger partial charge in [0.15, 0.2) is 11.0 Å². The van der Waals surface area contributed by atoms with Crippen LogP contribution < -0.4 is 9.64 Å². The molecule has 230 valence electrons. The quantitative estimate of drug-likeness (QED) is 0.202. The highest BCUT2D eigenvalue weighted by molar-refractivity contribution is 8.14. The summed E-state index contributed by atoms with van der Waals surface area (Å²) < 4.78 is 42.6. The van der Waals surface area contributed by atoms with Crippen LogP contribution in [0.1, 0.15) is 34.6 Å². The van der Waals surface area contributed by atoms with Gasteiger partial charge in [0.1, 0.15) is 18.0 Å². The van der Waals surface area contributed by atoms with Gasteiger partial charge >= 0.3 is 12.4 Å². The Labute approximate surface area is 262 Å². The van der Waals surface area contributed by atoms with Crippen LogP contribution in [0.5, 0.6) is 5.75 Å². The minimum atomic E-state index is -4.77. The van der Waals surface area contributed by atoms with Crippen LogP contribution in [0.3, 0.4) is 0 Å². The fraction of sp³-hybridized carbons (Fsp3) is 0.250. The second-order valence-electron chi connectivity index (χ2n) is 10.3. The third-order valence-corrected chi connectivity index (χ3v) is 7.98. The number of urea groups is 1. The number of hydrogen-bond acceptors (Lipinski definition) is 6. The van der Waals surface area contributed by atoms with E-state index in [2.05, 4.69) is 68.7 Å². The summed E-state index contributed by atoms with van der Waals surface area (Å²) in [4.78, 5) is 27.4. The van der Waals surface area contributed by atoms with Crippen LogP contribution in [-0.2, 0) is 0 Å². The number of ether oxygens (including phenoxy) is 1. The lowest BCUT2D eigenvalue weighted by molar-refractivity contribution is -0.274. The summed E-state index contributed by atoms with van der Waals surface area (Å²) >= 11 is 1.51. The van der Waals surface area contributed by atoms with Crippen molar-refractivity contribution < 1.29 is 22.7 Å². The molecule has 1 aromatic heterocycles. The van der Waals surface area contributed by atoms with E-state index in [0.29, 0.717) is 27.8 Å². The number of rotatable bonds is 6. The van der Waals surface area contributed by atoms with Gasteiger partial charge in [-0.25, -0.2) is 19.5 Å². The third kappa shape index (κ3) is 7.77. The second kappa shape index (κ2) is 13.4. The first-order chi connectivity index (χ1) is 21.5. The number of hydrogen-bond donors (Lipinski definition) is 0. The van der Waals surface area contributed by atoms with E-state index in [4.69, 9.17) is 0 Å². The van der Waals surface area contributed by atoms with Gasteiger partial charge in [-0.15, -0.1) is 18.3 Å². The van der Waals surface area contributed by atoms with E-state index in [1.807, 2.05) is 0 Å². The number of anilines is 1. The van der Waals surface area contributed by atoms with Crippen molar-refractivity contribution in [2.75, 3.05) is 17.2 Å². The van der Waals surface area contributed by atoms with Crippen molar-refractivity contribution in [3.63, 3.8) is 0 Å². The number of amidine groups is 1. The molecule has 1 aliphatic rings. The SMILES string of the molecule is Cc1cc(C)c(N2CCCSC2=NC(=O)N=CC(C#N)c2ccc(-c3ncn(-c4ccc(OC(F)(F)F)cc4)n3)cc2)c(C)c1. The van der Waals surface area contributed by atoms with Crippen LogP contribution in [-0.4, -0.2) is 50.8 Å². The average molecular weight is 632 g/mol. The Kier molecular flexibility index (Phi) is 9.34. The van der Waals surface area contributed by atoms with E-state index < -0.39 is 18.3 Å². The van der Waals surface area contributed by atoms with Crippen LogP contribution in [0, 0.1) is 32.1 Å². The van der Waals surface area contributed by atoms with Gasteiger partial charge in [-0.2, -0.15) is 10.3 Å². The van der Waals surface area contributed by atoms with Gasteiger partial charge in [0.25, 0.3) is 0 Å². The van der Waals surface area contributed by atoms with Crippen molar-refractivity contribution in [3.05, 3.63) is 89.2 Å². The van der Waals surface area contributed by atoms with Crippen molar-refractivity contribution in [1.29, 1.82) is 5.26 Å². The van der Waals surface area contributed by atoms with E-state index in [9.17, 15) is 23.2 Å². The summed E-state index contributed by atoms with van der Waals surface area (Å²) in [5.74, 6) is 0.0932. The van der Waals surface area contributed by atoms with Gasteiger partial charge < -0.3 is 9.64 Å².